The Morgan fingerprint density at radius 3 is 2.53 bits per heavy atom. The fourth-order valence-electron chi connectivity index (χ4n) is 3.31. The third kappa shape index (κ3) is 5.49. The fraction of sp³-hybridized carbons (Fsp3) is 0.400. The maximum atomic E-state index is 12.6. The number of carbonyl (C=O) groups is 4. The summed E-state index contributed by atoms with van der Waals surface area (Å²) in [5, 5.41) is 14.7. The number of methoxy groups -OCH3 is 1. The second kappa shape index (κ2) is 10.3. The molecule has 0 aromatic heterocycles. The topological polar surface area (TPSA) is 151 Å². The van der Waals surface area contributed by atoms with Gasteiger partial charge in [0.2, 0.25) is 5.91 Å². The van der Waals surface area contributed by atoms with Gasteiger partial charge in [0.1, 0.15) is 6.04 Å². The number of nitrogens with one attached hydrogen (secondary N) is 2. The number of likely N-dealkylation sites (tertiary alicyclic amines) is 1. The van der Waals surface area contributed by atoms with Crippen LogP contribution in [-0.2, 0) is 25.5 Å². The number of benzene rings is 1. The van der Waals surface area contributed by atoms with Gasteiger partial charge in [0.15, 0.2) is 6.04 Å². The van der Waals surface area contributed by atoms with E-state index in [1.54, 1.807) is 24.3 Å². The van der Waals surface area contributed by atoms with E-state index in [1.807, 2.05) is 6.07 Å². The molecular weight excluding hydrogens is 392 g/mol. The second-order valence-electron chi connectivity index (χ2n) is 6.91. The van der Waals surface area contributed by atoms with Gasteiger partial charge in [-0.3, -0.25) is 4.79 Å². The van der Waals surface area contributed by atoms with E-state index >= 15 is 0 Å². The zero-order chi connectivity index (χ0) is 22.3. The number of rotatable bonds is 10. The maximum Gasteiger partial charge on any atom is 0.328 e. The Kier molecular flexibility index (Phi) is 7.79. The number of β-lactam (4-membered cyclic amide) rings is 1. The van der Waals surface area contributed by atoms with Crippen molar-refractivity contribution in [3.63, 3.8) is 0 Å². The third-order valence-corrected chi connectivity index (χ3v) is 4.80. The Labute approximate surface area is 174 Å². The number of imide groups is 1. The van der Waals surface area contributed by atoms with Crippen LogP contribution in [0, 0.1) is 5.92 Å². The first kappa shape index (κ1) is 22.7. The number of urea groups is 1. The maximum absolute atomic E-state index is 12.6. The Morgan fingerprint density at radius 2 is 1.97 bits per heavy atom. The lowest BCUT2D eigenvalue weighted by molar-refractivity contribution is -0.166. The molecule has 1 aliphatic rings. The summed E-state index contributed by atoms with van der Waals surface area (Å²) in [4.78, 5) is 49.4. The van der Waals surface area contributed by atoms with Crippen LogP contribution in [0.5, 0.6) is 0 Å². The summed E-state index contributed by atoms with van der Waals surface area (Å²) < 4.78 is 4.73. The van der Waals surface area contributed by atoms with Crippen LogP contribution in [0.1, 0.15) is 18.4 Å². The Bertz CT molecular complexity index is 813. The molecular formula is C20H26N4O6. The van der Waals surface area contributed by atoms with Crippen LogP contribution in [0.3, 0.4) is 0 Å². The number of nitrogens with two attached hydrogens (primary N) is 1. The van der Waals surface area contributed by atoms with E-state index in [9.17, 15) is 24.3 Å². The number of carbonyl (C=O) groups excluding carboxylic acids is 3. The molecule has 0 radical (unpaired) electrons. The third-order valence-electron chi connectivity index (χ3n) is 4.80. The molecule has 30 heavy (non-hydrogen) atoms. The molecule has 0 bridgehead atoms. The quantitative estimate of drug-likeness (QED) is 0.239. The summed E-state index contributed by atoms with van der Waals surface area (Å²) in [5.41, 5.74) is 6.16. The van der Waals surface area contributed by atoms with E-state index in [1.165, 1.54) is 7.11 Å². The average Bonchev–Trinajstić information content (AvgIpc) is 2.70. The van der Waals surface area contributed by atoms with Crippen molar-refractivity contribution in [2.24, 2.45) is 11.7 Å². The number of carboxylic acids is 1. The highest BCUT2D eigenvalue weighted by Crippen LogP contribution is 2.31. The summed E-state index contributed by atoms with van der Waals surface area (Å²) in [6, 6.07) is 5.62. The second-order valence-corrected chi connectivity index (χ2v) is 6.91. The van der Waals surface area contributed by atoms with Crippen molar-refractivity contribution in [1.29, 1.82) is 0 Å². The molecule has 10 heteroatoms. The Hall–Kier alpha value is -3.56. The van der Waals surface area contributed by atoms with Gasteiger partial charge in [-0.25, -0.2) is 19.3 Å². The van der Waals surface area contributed by atoms with Crippen molar-refractivity contribution < 1.29 is 29.0 Å². The van der Waals surface area contributed by atoms with Gasteiger partial charge in [-0.05, 0) is 18.4 Å². The lowest BCUT2D eigenvalue weighted by atomic mass is 9.84. The standard InChI is InChI=1S/C20H26N4O6/c1-12(21)22-10-6-9-14-16(18(26)27)24(17(14)25)20(29)23-15(19(28)30-2)11-13-7-4-3-5-8-13/h3-5,7-8,14-16,22H,1,6,9-11,21H2,2H3,(H,23,29)(H,26,27). The van der Waals surface area contributed by atoms with Gasteiger partial charge in [0.25, 0.3) is 0 Å². The number of nitrogens with zero attached hydrogens (tertiary/aromatic N) is 1. The number of ether oxygens (including phenoxy) is 1. The minimum Gasteiger partial charge on any atom is -0.480 e. The van der Waals surface area contributed by atoms with Crippen LogP contribution in [0.2, 0.25) is 0 Å². The largest absolute Gasteiger partial charge is 0.480 e. The number of carboxylic acid groups (broad SMARTS) is 1. The normalized spacial score (nSPS) is 18.7. The van der Waals surface area contributed by atoms with Gasteiger partial charge in [0.05, 0.1) is 18.8 Å². The van der Waals surface area contributed by atoms with Gasteiger partial charge in [-0.15, -0.1) is 0 Å². The lowest BCUT2D eigenvalue weighted by Gasteiger charge is -2.43. The van der Waals surface area contributed by atoms with E-state index in [4.69, 9.17) is 10.5 Å². The molecule has 0 saturated carbocycles. The minimum atomic E-state index is -1.30. The molecule has 1 saturated heterocycles. The summed E-state index contributed by atoms with van der Waals surface area (Å²) in [7, 11) is 1.18. The first-order chi connectivity index (χ1) is 14.3. The van der Waals surface area contributed by atoms with Crippen LogP contribution in [-0.4, -0.2) is 59.6 Å². The van der Waals surface area contributed by atoms with Gasteiger partial charge in [-0.2, -0.15) is 0 Å². The molecule has 5 N–H and O–H groups in total. The van der Waals surface area contributed by atoms with Gasteiger partial charge in [0, 0.05) is 13.0 Å². The number of esters is 1. The minimum absolute atomic E-state index is 0.136. The van der Waals surface area contributed by atoms with Crippen LogP contribution < -0.4 is 16.4 Å². The first-order valence-corrected chi connectivity index (χ1v) is 9.42. The summed E-state index contributed by atoms with van der Waals surface area (Å²) in [6.45, 7) is 3.91. The molecule has 1 aliphatic heterocycles. The van der Waals surface area contributed by atoms with Crippen LogP contribution >= 0.6 is 0 Å². The number of amides is 3. The SMILES string of the molecule is C=C(N)NCCCC1C(=O)N(C(=O)NC(Cc2ccccc2)C(=O)OC)C1C(=O)O. The number of aliphatic carboxylic acids is 1. The molecule has 2 rings (SSSR count). The molecule has 1 aromatic rings. The summed E-state index contributed by atoms with van der Waals surface area (Å²) in [5.74, 6) is -3.14. The lowest BCUT2D eigenvalue weighted by Crippen LogP contribution is -2.69. The van der Waals surface area contributed by atoms with Crippen molar-refractivity contribution >= 4 is 23.9 Å². The molecule has 1 aromatic carbocycles. The highest BCUT2D eigenvalue weighted by Gasteiger charge is 2.54. The zero-order valence-electron chi connectivity index (χ0n) is 16.7. The fourth-order valence-corrected chi connectivity index (χ4v) is 3.31. The van der Waals surface area contributed by atoms with Gasteiger partial charge < -0.3 is 26.2 Å². The summed E-state index contributed by atoms with van der Waals surface area (Å²) in [6.07, 6.45) is 0.881. The van der Waals surface area contributed by atoms with Gasteiger partial charge in [-0.1, -0.05) is 36.9 Å². The van der Waals surface area contributed by atoms with Crippen molar-refractivity contribution in [1.82, 2.24) is 15.5 Å². The Balaban J connectivity index is 2.03. The summed E-state index contributed by atoms with van der Waals surface area (Å²) >= 11 is 0. The van der Waals surface area contributed by atoms with E-state index < -0.39 is 41.9 Å². The van der Waals surface area contributed by atoms with E-state index in [0.717, 1.165) is 5.56 Å². The predicted octanol–water partition coefficient (Wildman–Crippen LogP) is 0.192. The molecule has 3 atom stereocenters. The predicted molar refractivity (Wildman–Crippen MR) is 107 cm³/mol. The monoisotopic (exact) mass is 418 g/mol. The van der Waals surface area contributed by atoms with Crippen LogP contribution in [0.4, 0.5) is 4.79 Å². The molecule has 0 spiro atoms. The molecule has 1 heterocycles. The molecule has 162 valence electrons. The molecule has 10 nitrogen and oxygen atoms in total. The van der Waals surface area contributed by atoms with Crippen LogP contribution in [0.15, 0.2) is 42.7 Å². The van der Waals surface area contributed by atoms with Crippen molar-refractivity contribution in [3.05, 3.63) is 48.3 Å². The smallest absolute Gasteiger partial charge is 0.328 e. The first-order valence-electron chi connectivity index (χ1n) is 9.42. The highest BCUT2D eigenvalue weighted by atomic mass is 16.5. The highest BCUT2D eigenvalue weighted by molar-refractivity contribution is 6.08. The molecule has 3 unspecified atom stereocenters. The number of hydrogen-bond acceptors (Lipinski definition) is 7. The van der Waals surface area contributed by atoms with Crippen molar-refractivity contribution in [2.75, 3.05) is 13.7 Å². The van der Waals surface area contributed by atoms with Gasteiger partial charge >= 0.3 is 18.0 Å². The molecule has 1 fully saturated rings. The number of hydrogen-bond donors (Lipinski definition) is 4. The van der Waals surface area contributed by atoms with E-state index in [2.05, 4.69) is 17.2 Å². The Morgan fingerprint density at radius 1 is 1.30 bits per heavy atom. The van der Waals surface area contributed by atoms with E-state index in [0.29, 0.717) is 17.9 Å². The average molecular weight is 418 g/mol. The molecule has 3 amide bonds. The van der Waals surface area contributed by atoms with Crippen molar-refractivity contribution in [2.45, 2.75) is 31.3 Å². The van der Waals surface area contributed by atoms with E-state index in [-0.39, 0.29) is 18.7 Å². The van der Waals surface area contributed by atoms with Crippen LogP contribution in [0.25, 0.3) is 0 Å². The van der Waals surface area contributed by atoms with Crippen molar-refractivity contribution in [3.8, 4) is 0 Å². The zero-order valence-corrected chi connectivity index (χ0v) is 16.7. The molecule has 0 aliphatic carbocycles.